The molecule has 2 fully saturated rings. The van der Waals surface area contributed by atoms with E-state index in [4.69, 9.17) is 10.00 Å². The molecule has 1 atom stereocenters. The second kappa shape index (κ2) is 9.30. The van der Waals surface area contributed by atoms with E-state index in [1.807, 2.05) is 41.0 Å². The third kappa shape index (κ3) is 4.62. The molecule has 2 aromatic carbocycles. The Morgan fingerprint density at radius 3 is 2.56 bits per heavy atom. The van der Waals surface area contributed by atoms with E-state index in [1.165, 1.54) is 6.07 Å². The highest BCUT2D eigenvalue weighted by Gasteiger charge is 2.49. The highest BCUT2D eigenvalue weighted by molar-refractivity contribution is 5.94. The van der Waals surface area contributed by atoms with Crippen molar-refractivity contribution in [1.29, 1.82) is 5.26 Å². The summed E-state index contributed by atoms with van der Waals surface area (Å²) in [5, 5.41) is 9.10. The van der Waals surface area contributed by atoms with Crippen molar-refractivity contribution >= 4 is 11.6 Å². The number of likely N-dealkylation sites (tertiary alicyclic amines) is 1. The van der Waals surface area contributed by atoms with Crippen molar-refractivity contribution in [3.05, 3.63) is 64.7 Å². The van der Waals surface area contributed by atoms with Gasteiger partial charge in [0.05, 0.1) is 23.8 Å². The molecule has 2 aliphatic rings. The quantitative estimate of drug-likeness (QED) is 0.637. The van der Waals surface area contributed by atoms with Crippen LogP contribution in [-0.2, 0) is 10.9 Å². The number of aryl methyl sites for hydroxylation is 1. The zero-order valence-electron chi connectivity index (χ0n) is 19.4. The lowest BCUT2D eigenvalue weighted by Crippen LogP contribution is -2.47. The lowest BCUT2D eigenvalue weighted by molar-refractivity contribution is -0.137. The summed E-state index contributed by atoms with van der Waals surface area (Å²) in [5.74, 6) is 0.150. The van der Waals surface area contributed by atoms with E-state index >= 15 is 0 Å². The average molecular weight is 472 g/mol. The maximum absolute atomic E-state index is 13.5. The van der Waals surface area contributed by atoms with Gasteiger partial charge in [-0.05, 0) is 55.5 Å². The summed E-state index contributed by atoms with van der Waals surface area (Å²) in [7, 11) is 1.64. The number of benzene rings is 2. The lowest BCUT2D eigenvalue weighted by atomic mass is 9.71. The first-order valence-electron chi connectivity index (χ1n) is 11.4. The number of carbonyl (C=O) groups is 1. The largest absolute Gasteiger partial charge is 0.417 e. The summed E-state index contributed by atoms with van der Waals surface area (Å²) in [6, 6.07) is 13.1. The predicted molar refractivity (Wildman–Crippen MR) is 122 cm³/mol. The molecule has 8 heteroatoms. The van der Waals surface area contributed by atoms with Crippen LogP contribution in [0.4, 0.5) is 18.9 Å². The van der Waals surface area contributed by atoms with Gasteiger partial charge in [-0.2, -0.15) is 18.4 Å². The van der Waals surface area contributed by atoms with Crippen molar-refractivity contribution in [3.8, 4) is 6.07 Å². The molecule has 2 heterocycles. The van der Waals surface area contributed by atoms with Crippen LogP contribution in [0.3, 0.4) is 0 Å². The summed E-state index contributed by atoms with van der Waals surface area (Å²) >= 11 is 0. The van der Waals surface area contributed by atoms with E-state index in [0.29, 0.717) is 44.0 Å². The fourth-order valence-electron chi connectivity index (χ4n) is 5.40. The number of halogens is 3. The van der Waals surface area contributed by atoms with Gasteiger partial charge in [0.25, 0.3) is 5.91 Å². The van der Waals surface area contributed by atoms with Gasteiger partial charge in [-0.1, -0.05) is 17.7 Å². The smallest absolute Gasteiger partial charge is 0.384 e. The number of ether oxygens (including phenoxy) is 1. The summed E-state index contributed by atoms with van der Waals surface area (Å²) < 4.78 is 46.0. The summed E-state index contributed by atoms with van der Waals surface area (Å²) in [4.78, 5) is 16.8. The van der Waals surface area contributed by atoms with Crippen LogP contribution in [0.1, 0.15) is 39.9 Å². The van der Waals surface area contributed by atoms with Gasteiger partial charge in [0.15, 0.2) is 0 Å². The molecule has 1 spiro atoms. The number of alkyl halides is 3. The molecule has 0 saturated carbocycles. The Kier molecular flexibility index (Phi) is 6.59. The number of piperidine rings is 1. The summed E-state index contributed by atoms with van der Waals surface area (Å²) in [6.07, 6.45) is -3.07. The minimum absolute atomic E-state index is 0.0126. The van der Waals surface area contributed by atoms with Gasteiger partial charge >= 0.3 is 6.18 Å². The van der Waals surface area contributed by atoms with Crippen LogP contribution in [0, 0.1) is 29.6 Å². The average Bonchev–Trinajstić information content (AvgIpc) is 3.16. The van der Waals surface area contributed by atoms with Gasteiger partial charge in [0.1, 0.15) is 0 Å². The van der Waals surface area contributed by atoms with Crippen molar-refractivity contribution in [1.82, 2.24) is 4.90 Å². The molecule has 1 unspecified atom stereocenters. The number of hydrogen-bond acceptors (Lipinski definition) is 4. The van der Waals surface area contributed by atoms with Crippen molar-refractivity contribution in [2.75, 3.05) is 44.8 Å². The van der Waals surface area contributed by atoms with Crippen LogP contribution < -0.4 is 4.90 Å². The second-order valence-electron chi connectivity index (χ2n) is 9.40. The molecule has 2 saturated heterocycles. The van der Waals surface area contributed by atoms with E-state index in [0.717, 1.165) is 24.5 Å². The van der Waals surface area contributed by atoms with Crippen LogP contribution in [0.5, 0.6) is 0 Å². The van der Waals surface area contributed by atoms with E-state index in [1.54, 1.807) is 19.2 Å². The van der Waals surface area contributed by atoms with E-state index in [-0.39, 0.29) is 22.8 Å². The number of amides is 1. The molecule has 4 rings (SSSR count). The van der Waals surface area contributed by atoms with Crippen LogP contribution in [0.15, 0.2) is 42.5 Å². The Balaban J connectivity index is 1.53. The Labute approximate surface area is 197 Å². The van der Waals surface area contributed by atoms with E-state index in [9.17, 15) is 18.0 Å². The van der Waals surface area contributed by atoms with Crippen LogP contribution in [0.2, 0.25) is 0 Å². The van der Waals surface area contributed by atoms with Crippen LogP contribution >= 0.6 is 0 Å². The molecule has 1 amide bonds. The minimum atomic E-state index is -4.59. The summed E-state index contributed by atoms with van der Waals surface area (Å²) in [5.41, 5.74) is 0.742. The van der Waals surface area contributed by atoms with Crippen molar-refractivity contribution in [3.63, 3.8) is 0 Å². The first-order valence-corrected chi connectivity index (χ1v) is 11.4. The van der Waals surface area contributed by atoms with Gasteiger partial charge in [0.2, 0.25) is 0 Å². The fraction of sp³-hybridized carbons (Fsp3) is 0.462. The Morgan fingerprint density at radius 1 is 1.21 bits per heavy atom. The molecule has 0 aromatic heterocycles. The maximum atomic E-state index is 13.5. The molecule has 2 aromatic rings. The Bertz CT molecular complexity index is 1100. The van der Waals surface area contributed by atoms with Gasteiger partial charge < -0.3 is 14.5 Å². The first kappa shape index (κ1) is 24.1. The molecule has 2 aliphatic heterocycles. The standard InChI is InChI=1S/C26H28F3N3O2/c1-18-4-3-5-19(12-18)24(33)31-10-8-25(9-11-31)17-32(15-21(25)16-34-2)22-7-6-20(14-30)23(13-22)26(27,28)29/h3-7,12-13,21H,8-11,15-17H2,1-2H3. The molecular weight excluding hydrogens is 443 g/mol. The van der Waals surface area contributed by atoms with Crippen LogP contribution in [0.25, 0.3) is 0 Å². The predicted octanol–water partition coefficient (Wildman–Crippen LogP) is 4.89. The monoisotopic (exact) mass is 471 g/mol. The van der Waals surface area contributed by atoms with Gasteiger partial charge in [0, 0.05) is 50.5 Å². The number of hydrogen-bond donors (Lipinski definition) is 0. The molecule has 5 nitrogen and oxygen atoms in total. The molecule has 34 heavy (non-hydrogen) atoms. The highest BCUT2D eigenvalue weighted by atomic mass is 19.4. The lowest BCUT2D eigenvalue weighted by Gasteiger charge is -2.42. The molecular formula is C26H28F3N3O2. The molecule has 0 aliphatic carbocycles. The number of anilines is 1. The number of nitrogens with zero attached hydrogens (tertiary/aromatic N) is 3. The third-order valence-corrected chi connectivity index (χ3v) is 7.29. The van der Waals surface area contributed by atoms with Crippen molar-refractivity contribution in [2.45, 2.75) is 25.9 Å². The van der Waals surface area contributed by atoms with Crippen molar-refractivity contribution < 1.29 is 22.7 Å². The fourth-order valence-corrected chi connectivity index (χ4v) is 5.40. The molecule has 0 N–H and O–H groups in total. The number of nitriles is 1. The molecule has 0 bridgehead atoms. The van der Waals surface area contributed by atoms with Gasteiger partial charge in [-0.25, -0.2) is 0 Å². The summed E-state index contributed by atoms with van der Waals surface area (Å²) in [6.45, 7) is 4.83. The first-order chi connectivity index (χ1) is 16.2. The maximum Gasteiger partial charge on any atom is 0.417 e. The SMILES string of the molecule is COCC1CN(c2ccc(C#N)c(C(F)(F)F)c2)CC12CCN(C(=O)c1cccc(C)c1)CC2. The van der Waals surface area contributed by atoms with E-state index < -0.39 is 11.7 Å². The van der Waals surface area contributed by atoms with Gasteiger partial charge in [-0.3, -0.25) is 4.79 Å². The van der Waals surface area contributed by atoms with Crippen molar-refractivity contribution in [2.24, 2.45) is 11.3 Å². The number of rotatable bonds is 4. The van der Waals surface area contributed by atoms with Gasteiger partial charge in [-0.15, -0.1) is 0 Å². The number of carbonyl (C=O) groups excluding carboxylic acids is 1. The zero-order chi connectivity index (χ0) is 24.5. The van der Waals surface area contributed by atoms with E-state index in [2.05, 4.69) is 0 Å². The zero-order valence-corrected chi connectivity index (χ0v) is 19.4. The molecule has 180 valence electrons. The topological polar surface area (TPSA) is 56.6 Å². The second-order valence-corrected chi connectivity index (χ2v) is 9.40. The number of methoxy groups -OCH3 is 1. The highest BCUT2D eigenvalue weighted by Crippen LogP contribution is 2.47. The minimum Gasteiger partial charge on any atom is -0.384 e. The Hall–Kier alpha value is -3.05. The Morgan fingerprint density at radius 2 is 1.94 bits per heavy atom. The normalized spacial score (nSPS) is 19.9. The third-order valence-electron chi connectivity index (χ3n) is 7.29. The molecule has 0 radical (unpaired) electrons. The van der Waals surface area contributed by atoms with Crippen LogP contribution in [-0.4, -0.2) is 50.7 Å².